The summed E-state index contributed by atoms with van der Waals surface area (Å²) in [5.41, 5.74) is 2.47. The summed E-state index contributed by atoms with van der Waals surface area (Å²) >= 11 is 12.7. The molecule has 11 heteroatoms. The first-order valence-corrected chi connectivity index (χ1v) is 17.1. The summed E-state index contributed by atoms with van der Waals surface area (Å²) in [6.45, 7) is 3.55. The lowest BCUT2D eigenvalue weighted by molar-refractivity contribution is -0.140. The second-order valence-corrected chi connectivity index (χ2v) is 13.6. The summed E-state index contributed by atoms with van der Waals surface area (Å²) in [6.07, 6.45) is 1.78. The molecule has 0 aliphatic carbocycles. The van der Waals surface area contributed by atoms with E-state index in [1.54, 1.807) is 42.5 Å². The molecule has 4 aromatic carbocycles. The Morgan fingerprint density at radius 3 is 2.22 bits per heavy atom. The molecule has 1 N–H and O–H groups in total. The van der Waals surface area contributed by atoms with Gasteiger partial charge >= 0.3 is 0 Å². The summed E-state index contributed by atoms with van der Waals surface area (Å²) in [5.74, 6) is -1.61. The summed E-state index contributed by atoms with van der Waals surface area (Å²) in [4.78, 5) is 29.5. The van der Waals surface area contributed by atoms with Gasteiger partial charge in [-0.05, 0) is 73.0 Å². The van der Waals surface area contributed by atoms with Crippen molar-refractivity contribution in [3.8, 4) is 0 Å². The third-order valence-electron chi connectivity index (χ3n) is 7.46. The van der Waals surface area contributed by atoms with Crippen molar-refractivity contribution in [3.63, 3.8) is 0 Å². The van der Waals surface area contributed by atoms with Gasteiger partial charge in [0, 0.05) is 29.6 Å². The van der Waals surface area contributed by atoms with Gasteiger partial charge < -0.3 is 10.2 Å². The highest BCUT2D eigenvalue weighted by Crippen LogP contribution is 2.27. The smallest absolute Gasteiger partial charge is 0.264 e. The number of carbonyl (C=O) groups is 2. The maximum atomic E-state index is 14.5. The number of unbranched alkanes of at least 4 members (excludes halogenated alkanes) is 1. The SMILES string of the molecule is CCCCNC(=O)[C@@H](Cc1ccccc1)N(Cc1ccc(Cl)cc1Cl)C(=O)CN(c1ccc(C)cc1)S(=O)(=O)c1ccc(F)cc1. The minimum absolute atomic E-state index is 0.0914. The summed E-state index contributed by atoms with van der Waals surface area (Å²) in [5, 5.41) is 3.65. The number of nitrogens with zero attached hydrogens (tertiary/aromatic N) is 2. The maximum absolute atomic E-state index is 14.5. The molecule has 0 spiro atoms. The van der Waals surface area contributed by atoms with Crippen molar-refractivity contribution in [2.24, 2.45) is 0 Å². The van der Waals surface area contributed by atoms with Gasteiger partial charge in [-0.25, -0.2) is 12.8 Å². The van der Waals surface area contributed by atoms with E-state index in [1.165, 1.54) is 4.90 Å². The number of amides is 2. The Bertz CT molecular complexity index is 1740. The molecule has 4 rings (SSSR count). The summed E-state index contributed by atoms with van der Waals surface area (Å²) < 4.78 is 42.8. The van der Waals surface area contributed by atoms with Crippen LogP contribution in [-0.4, -0.2) is 44.3 Å². The van der Waals surface area contributed by atoms with E-state index in [1.807, 2.05) is 44.2 Å². The van der Waals surface area contributed by atoms with Gasteiger partial charge in [0.1, 0.15) is 18.4 Å². The number of nitrogens with one attached hydrogen (secondary N) is 1. The van der Waals surface area contributed by atoms with Crippen molar-refractivity contribution in [1.29, 1.82) is 0 Å². The predicted molar refractivity (Wildman–Crippen MR) is 181 cm³/mol. The molecule has 0 saturated carbocycles. The molecular weight excluding hydrogens is 648 g/mol. The molecule has 4 aromatic rings. The first-order valence-electron chi connectivity index (χ1n) is 14.9. The lowest BCUT2D eigenvalue weighted by atomic mass is 10.0. The van der Waals surface area contributed by atoms with Crippen molar-refractivity contribution in [2.45, 2.75) is 50.6 Å². The Balaban J connectivity index is 1.80. The zero-order chi connectivity index (χ0) is 33.3. The highest BCUT2D eigenvalue weighted by Gasteiger charge is 2.35. The van der Waals surface area contributed by atoms with Crippen LogP contribution in [0.25, 0.3) is 0 Å². The van der Waals surface area contributed by atoms with E-state index in [-0.39, 0.29) is 29.5 Å². The van der Waals surface area contributed by atoms with Crippen LogP contribution in [0.4, 0.5) is 10.1 Å². The van der Waals surface area contributed by atoms with Crippen molar-refractivity contribution < 1.29 is 22.4 Å². The highest BCUT2D eigenvalue weighted by molar-refractivity contribution is 7.92. The number of hydrogen-bond donors (Lipinski definition) is 1. The summed E-state index contributed by atoms with van der Waals surface area (Å²) in [7, 11) is -4.35. The van der Waals surface area contributed by atoms with Crippen molar-refractivity contribution in [1.82, 2.24) is 10.2 Å². The number of carbonyl (C=O) groups excluding carboxylic acids is 2. The maximum Gasteiger partial charge on any atom is 0.264 e. The molecule has 0 bridgehead atoms. The molecule has 0 heterocycles. The Morgan fingerprint density at radius 2 is 1.59 bits per heavy atom. The summed E-state index contributed by atoms with van der Waals surface area (Å²) in [6, 6.07) is 24.2. The molecule has 1 atom stereocenters. The minimum Gasteiger partial charge on any atom is -0.354 e. The van der Waals surface area contributed by atoms with Crippen LogP contribution in [0.3, 0.4) is 0 Å². The Morgan fingerprint density at radius 1 is 0.913 bits per heavy atom. The van der Waals surface area contributed by atoms with Gasteiger partial charge in [0.15, 0.2) is 0 Å². The molecule has 2 amide bonds. The molecule has 0 radical (unpaired) electrons. The van der Waals surface area contributed by atoms with Crippen molar-refractivity contribution in [2.75, 3.05) is 17.4 Å². The van der Waals surface area contributed by atoms with Gasteiger partial charge in [-0.2, -0.15) is 0 Å². The third kappa shape index (κ3) is 9.09. The first kappa shape index (κ1) is 34.9. The quantitative estimate of drug-likeness (QED) is 0.143. The van der Waals surface area contributed by atoms with E-state index < -0.39 is 34.3 Å². The molecule has 0 aromatic heterocycles. The van der Waals surface area contributed by atoms with Crippen LogP contribution in [0.2, 0.25) is 10.0 Å². The molecule has 0 aliphatic rings. The fourth-order valence-corrected chi connectivity index (χ4v) is 6.75. The van der Waals surface area contributed by atoms with E-state index in [4.69, 9.17) is 23.2 Å². The fourth-order valence-electron chi connectivity index (χ4n) is 4.87. The molecule has 0 fully saturated rings. The molecule has 242 valence electrons. The van der Waals surface area contributed by atoms with Crippen molar-refractivity contribution in [3.05, 3.63) is 130 Å². The molecular formula is C35H36Cl2FN3O4S. The van der Waals surface area contributed by atoms with Gasteiger partial charge in [0.2, 0.25) is 11.8 Å². The number of aryl methyl sites for hydroxylation is 1. The van der Waals surface area contributed by atoms with Crippen LogP contribution in [-0.2, 0) is 32.6 Å². The first-order chi connectivity index (χ1) is 22.0. The minimum atomic E-state index is -4.35. The number of hydrogen-bond acceptors (Lipinski definition) is 4. The zero-order valence-corrected chi connectivity index (χ0v) is 28.0. The topological polar surface area (TPSA) is 86.8 Å². The molecule has 0 saturated heterocycles. The Hall–Kier alpha value is -3.92. The average Bonchev–Trinajstić information content (AvgIpc) is 3.03. The van der Waals surface area contributed by atoms with Gasteiger partial charge in [-0.1, -0.05) is 90.6 Å². The standard InChI is InChI=1S/C35H36Cl2FN3O4S/c1-3-4-20-39-35(43)33(21-26-8-6-5-7-9-26)40(23-27-12-13-28(36)22-32(27)37)34(42)24-41(30-16-10-25(2)11-17-30)46(44,45)31-18-14-29(38)15-19-31/h5-19,22,33H,3-4,20-21,23-24H2,1-2H3,(H,39,43)/t33-/m1/s1. The molecule has 0 aliphatic heterocycles. The Labute approximate surface area is 280 Å². The fraction of sp³-hybridized carbons (Fsp3) is 0.257. The monoisotopic (exact) mass is 683 g/mol. The number of anilines is 1. The molecule has 46 heavy (non-hydrogen) atoms. The van der Waals surface area contributed by atoms with E-state index in [0.717, 1.165) is 52.5 Å². The van der Waals surface area contributed by atoms with Crippen LogP contribution in [0, 0.1) is 12.7 Å². The lowest BCUT2D eigenvalue weighted by Gasteiger charge is -2.34. The second kappa shape index (κ2) is 16.1. The van der Waals surface area contributed by atoms with Gasteiger partial charge in [-0.3, -0.25) is 13.9 Å². The number of sulfonamides is 1. The molecule has 7 nitrogen and oxygen atoms in total. The zero-order valence-electron chi connectivity index (χ0n) is 25.6. The van der Waals surface area contributed by atoms with Crippen LogP contribution in [0.1, 0.15) is 36.5 Å². The molecule has 0 unspecified atom stereocenters. The van der Waals surface area contributed by atoms with E-state index in [0.29, 0.717) is 22.2 Å². The van der Waals surface area contributed by atoms with Gasteiger partial charge in [0.25, 0.3) is 10.0 Å². The highest BCUT2D eigenvalue weighted by atomic mass is 35.5. The van der Waals surface area contributed by atoms with Crippen molar-refractivity contribution >= 4 is 50.7 Å². The van der Waals surface area contributed by atoms with E-state index in [9.17, 15) is 22.4 Å². The normalized spacial score (nSPS) is 11.9. The van der Waals surface area contributed by atoms with Gasteiger partial charge in [0.05, 0.1) is 10.6 Å². The van der Waals surface area contributed by atoms with Crippen LogP contribution in [0.15, 0.2) is 102 Å². The van der Waals surface area contributed by atoms with Crippen LogP contribution < -0.4 is 9.62 Å². The predicted octanol–water partition coefficient (Wildman–Crippen LogP) is 7.19. The number of benzene rings is 4. The third-order valence-corrected chi connectivity index (χ3v) is 9.83. The van der Waals surface area contributed by atoms with E-state index >= 15 is 0 Å². The largest absolute Gasteiger partial charge is 0.354 e. The van der Waals surface area contributed by atoms with Crippen LogP contribution >= 0.6 is 23.2 Å². The average molecular weight is 685 g/mol. The number of halogens is 3. The van der Waals surface area contributed by atoms with Gasteiger partial charge in [-0.15, -0.1) is 0 Å². The number of rotatable bonds is 14. The Kier molecular flexibility index (Phi) is 12.2. The van der Waals surface area contributed by atoms with Crippen LogP contribution in [0.5, 0.6) is 0 Å². The second-order valence-electron chi connectivity index (χ2n) is 10.9. The van der Waals surface area contributed by atoms with E-state index in [2.05, 4.69) is 5.32 Å². The lowest BCUT2D eigenvalue weighted by Crippen LogP contribution is -2.53.